The van der Waals surface area contributed by atoms with Gasteiger partial charge in [-0.2, -0.15) is 0 Å². The second-order valence-corrected chi connectivity index (χ2v) is 18.4. The molecule has 4 aliphatic carbocycles. The Hall–Kier alpha value is -0.790. The van der Waals surface area contributed by atoms with Gasteiger partial charge in [-0.15, -0.1) is 0 Å². The molecule has 0 unspecified atom stereocenters. The van der Waals surface area contributed by atoms with Gasteiger partial charge in [-0.3, -0.25) is 4.79 Å². The molecule has 4 rings (SSSR count). The van der Waals surface area contributed by atoms with Crippen LogP contribution < -0.4 is 0 Å². The monoisotopic (exact) mass is 653 g/mol. The van der Waals surface area contributed by atoms with E-state index in [9.17, 15) is 4.79 Å². The molecule has 2 nitrogen and oxygen atoms in total. The lowest BCUT2D eigenvalue weighted by molar-refractivity contribution is -0.162. The highest BCUT2D eigenvalue weighted by molar-refractivity contribution is 5.69. The molecule has 4 saturated carbocycles. The molecule has 47 heavy (non-hydrogen) atoms. The predicted octanol–water partition coefficient (Wildman–Crippen LogP) is 14.1. The van der Waals surface area contributed by atoms with Gasteiger partial charge in [0.1, 0.15) is 6.10 Å². The fourth-order valence-electron chi connectivity index (χ4n) is 11.9. The van der Waals surface area contributed by atoms with Gasteiger partial charge in [-0.1, -0.05) is 124 Å². The average Bonchev–Trinajstić information content (AvgIpc) is 3.40. The van der Waals surface area contributed by atoms with E-state index in [-0.39, 0.29) is 12.1 Å². The molecule has 4 aliphatic rings. The van der Waals surface area contributed by atoms with Crippen molar-refractivity contribution in [1.29, 1.82) is 0 Å². The van der Waals surface area contributed by atoms with E-state index in [1.54, 1.807) is 0 Å². The van der Waals surface area contributed by atoms with Crippen LogP contribution in [0.15, 0.2) is 12.2 Å². The molecule has 0 aromatic carbocycles. The first kappa shape index (κ1) is 39.0. The molecule has 0 amide bonds. The number of allylic oxidation sites excluding steroid dienone is 2. The summed E-state index contributed by atoms with van der Waals surface area (Å²) in [5, 5.41) is 0. The van der Waals surface area contributed by atoms with Gasteiger partial charge in [0.15, 0.2) is 0 Å². The number of ether oxygens (including phenoxy) is 1. The number of hydrogen-bond acceptors (Lipinski definition) is 2. The first-order chi connectivity index (χ1) is 22.7. The Kier molecular flexibility index (Phi) is 16.2. The summed E-state index contributed by atoms with van der Waals surface area (Å²) in [7, 11) is 0. The van der Waals surface area contributed by atoms with Crippen LogP contribution in [0.3, 0.4) is 0 Å². The lowest BCUT2D eigenvalue weighted by atomic mass is 9.44. The van der Waals surface area contributed by atoms with Crippen LogP contribution in [0.1, 0.15) is 208 Å². The number of esters is 1. The van der Waals surface area contributed by atoms with Crippen LogP contribution in [0.25, 0.3) is 0 Å². The first-order valence-corrected chi connectivity index (χ1v) is 21.5. The Labute approximate surface area is 293 Å². The molecule has 0 saturated heterocycles. The van der Waals surface area contributed by atoms with Gasteiger partial charge in [0.2, 0.25) is 0 Å². The maximum Gasteiger partial charge on any atom is 0.306 e. The van der Waals surface area contributed by atoms with Crippen LogP contribution >= 0.6 is 0 Å². The van der Waals surface area contributed by atoms with Crippen molar-refractivity contribution in [3.05, 3.63) is 12.2 Å². The molecular weight excluding hydrogens is 572 g/mol. The molecule has 0 aliphatic heterocycles. The Morgan fingerprint density at radius 1 is 0.702 bits per heavy atom. The number of fused-ring (bicyclic) bond motifs is 5. The highest BCUT2D eigenvalue weighted by Crippen LogP contribution is 2.68. The smallest absolute Gasteiger partial charge is 0.306 e. The van der Waals surface area contributed by atoms with Crippen molar-refractivity contribution >= 4 is 5.97 Å². The maximum atomic E-state index is 12.8. The van der Waals surface area contributed by atoms with E-state index in [0.29, 0.717) is 17.3 Å². The van der Waals surface area contributed by atoms with Crippen LogP contribution in [-0.2, 0) is 9.53 Å². The zero-order valence-electron chi connectivity index (χ0n) is 32.5. The van der Waals surface area contributed by atoms with Gasteiger partial charge in [0, 0.05) is 6.42 Å². The molecule has 2 heteroatoms. The second-order valence-electron chi connectivity index (χ2n) is 18.4. The summed E-state index contributed by atoms with van der Waals surface area (Å²) >= 11 is 0. The van der Waals surface area contributed by atoms with Gasteiger partial charge in [-0.05, 0) is 142 Å². The zero-order valence-corrected chi connectivity index (χ0v) is 32.5. The van der Waals surface area contributed by atoms with E-state index in [0.717, 1.165) is 60.7 Å². The molecule has 0 aromatic rings. The molecule has 0 heterocycles. The lowest BCUT2D eigenvalue weighted by Gasteiger charge is -2.61. The Bertz CT molecular complexity index is 921. The van der Waals surface area contributed by atoms with Crippen molar-refractivity contribution in [1.82, 2.24) is 0 Å². The fraction of sp³-hybridized carbons (Fsp3) is 0.933. The van der Waals surface area contributed by atoms with E-state index in [1.807, 2.05) is 0 Å². The van der Waals surface area contributed by atoms with Crippen LogP contribution in [0.5, 0.6) is 0 Å². The Morgan fingerprint density at radius 3 is 2.04 bits per heavy atom. The van der Waals surface area contributed by atoms with Gasteiger partial charge < -0.3 is 4.74 Å². The minimum absolute atomic E-state index is 0.0814. The van der Waals surface area contributed by atoms with Crippen molar-refractivity contribution in [3.8, 4) is 0 Å². The predicted molar refractivity (Wildman–Crippen MR) is 202 cm³/mol. The highest BCUT2D eigenvalue weighted by atomic mass is 16.5. The summed E-state index contributed by atoms with van der Waals surface area (Å²) in [6.45, 7) is 15.0. The Morgan fingerprint density at radius 2 is 1.34 bits per heavy atom. The van der Waals surface area contributed by atoms with Crippen molar-refractivity contribution in [2.24, 2.45) is 52.3 Å². The van der Waals surface area contributed by atoms with Gasteiger partial charge in [-0.25, -0.2) is 0 Å². The largest absolute Gasteiger partial charge is 0.462 e. The topological polar surface area (TPSA) is 26.3 Å². The van der Waals surface area contributed by atoms with Gasteiger partial charge >= 0.3 is 5.97 Å². The molecule has 0 N–H and O–H groups in total. The van der Waals surface area contributed by atoms with Crippen molar-refractivity contribution in [2.75, 3.05) is 0 Å². The van der Waals surface area contributed by atoms with Crippen LogP contribution in [0, 0.1) is 52.3 Å². The van der Waals surface area contributed by atoms with E-state index in [4.69, 9.17) is 4.74 Å². The standard InChI is InChI=1S/C45H80O2/c1-7-8-9-10-11-12-13-14-15-16-17-18-19-20-21-25-43(46)47-38-30-32-44(5)37(34-38)26-27-39-41-29-28-40(36(4)24-22-23-35(2)3)45(41,6)33-31-42(39)44/h14-15,35-42H,7-13,16-34H2,1-6H3/t36-,37+,38+,39+,40-,41+,42+,44+,45-/m1/s1. The molecule has 272 valence electrons. The molecule has 9 atom stereocenters. The number of unbranched alkanes of at least 4 members (excludes halogenated alkanes) is 11. The summed E-state index contributed by atoms with van der Waals surface area (Å²) in [6, 6.07) is 0. The minimum atomic E-state index is 0.0814. The van der Waals surface area contributed by atoms with E-state index < -0.39 is 0 Å². The zero-order chi connectivity index (χ0) is 33.7. The molecule has 4 fully saturated rings. The molecule has 0 bridgehead atoms. The Balaban J connectivity index is 1.10. The lowest BCUT2D eigenvalue weighted by Crippen LogP contribution is -2.54. The third-order valence-electron chi connectivity index (χ3n) is 14.8. The van der Waals surface area contributed by atoms with Gasteiger partial charge in [0.25, 0.3) is 0 Å². The summed E-state index contributed by atoms with van der Waals surface area (Å²) in [5.74, 6) is 6.33. The van der Waals surface area contributed by atoms with E-state index in [2.05, 4.69) is 53.7 Å². The van der Waals surface area contributed by atoms with Crippen molar-refractivity contribution in [2.45, 2.75) is 215 Å². The SMILES string of the molecule is CCCCCCCCC=CCCCCCCCC(=O)O[C@H]1CC[C@@]2(C)[C@@H](CC[C@@H]3[C@@H]2CC[C@]2(C)[C@@H]([C@H](C)CCCC(C)C)CC[C@@H]32)C1. The van der Waals surface area contributed by atoms with E-state index in [1.165, 1.54) is 141 Å². The molecular formula is C45H80O2. The van der Waals surface area contributed by atoms with Crippen molar-refractivity contribution < 1.29 is 9.53 Å². The minimum Gasteiger partial charge on any atom is -0.462 e. The number of carbonyl (C=O) groups is 1. The third-order valence-corrected chi connectivity index (χ3v) is 14.8. The number of hydrogen-bond donors (Lipinski definition) is 0. The highest BCUT2D eigenvalue weighted by Gasteiger charge is 2.60. The molecule has 0 radical (unpaired) electrons. The quantitative estimate of drug-likeness (QED) is 0.0700. The van der Waals surface area contributed by atoms with Crippen LogP contribution in [-0.4, -0.2) is 12.1 Å². The second kappa shape index (κ2) is 19.6. The third kappa shape index (κ3) is 10.8. The molecule has 0 spiro atoms. The summed E-state index contributed by atoms with van der Waals surface area (Å²) in [4.78, 5) is 12.8. The first-order valence-electron chi connectivity index (χ1n) is 21.5. The van der Waals surface area contributed by atoms with Gasteiger partial charge in [0.05, 0.1) is 0 Å². The normalized spacial score (nSPS) is 34.3. The number of carbonyl (C=O) groups excluding carboxylic acids is 1. The maximum absolute atomic E-state index is 12.8. The molecule has 0 aromatic heterocycles. The summed E-state index contributed by atoms with van der Waals surface area (Å²) < 4.78 is 6.17. The fourth-order valence-corrected chi connectivity index (χ4v) is 11.9. The summed E-state index contributed by atoms with van der Waals surface area (Å²) in [6.07, 6.45) is 38.9. The summed E-state index contributed by atoms with van der Waals surface area (Å²) in [5.41, 5.74) is 1.05. The van der Waals surface area contributed by atoms with Crippen molar-refractivity contribution in [3.63, 3.8) is 0 Å². The van der Waals surface area contributed by atoms with Crippen LogP contribution in [0.4, 0.5) is 0 Å². The van der Waals surface area contributed by atoms with Crippen LogP contribution in [0.2, 0.25) is 0 Å². The van der Waals surface area contributed by atoms with E-state index >= 15 is 0 Å². The number of rotatable bonds is 21. The average molecular weight is 653 g/mol.